The molecule has 1 aliphatic carbocycles. The number of amides is 1. The van der Waals surface area contributed by atoms with Crippen molar-refractivity contribution in [2.45, 2.75) is 45.2 Å². The Kier molecular flexibility index (Phi) is 3.93. The van der Waals surface area contributed by atoms with Crippen LogP contribution >= 0.6 is 0 Å². The molecule has 0 saturated heterocycles. The van der Waals surface area contributed by atoms with Crippen LogP contribution in [0.2, 0.25) is 0 Å². The van der Waals surface area contributed by atoms with Gasteiger partial charge in [0.15, 0.2) is 0 Å². The normalized spacial score (nSPS) is 20.0. The molecule has 2 aliphatic rings. The Hall–Kier alpha value is -2.07. The van der Waals surface area contributed by atoms with Gasteiger partial charge in [0.2, 0.25) is 5.91 Å². The van der Waals surface area contributed by atoms with Crippen LogP contribution in [0.25, 0.3) is 16.5 Å². The van der Waals surface area contributed by atoms with Gasteiger partial charge in [-0.25, -0.2) is 0 Å². The number of nitrogens with one attached hydrogen (secondary N) is 2. The number of aromatic amines is 1. The molecule has 1 aromatic carbocycles. The molecule has 0 spiro atoms. The smallest absolute Gasteiger partial charge is 0.237 e. The molecule has 2 aromatic rings. The summed E-state index contributed by atoms with van der Waals surface area (Å²) in [5, 5.41) is 4.45. The number of hydrogen-bond donors (Lipinski definition) is 2. The Bertz CT molecular complexity index is 800. The first kappa shape index (κ1) is 15.5. The van der Waals surface area contributed by atoms with Crippen LogP contribution in [-0.4, -0.2) is 41.0 Å². The zero-order chi connectivity index (χ0) is 16.7. The number of H-pyrrole nitrogens is 1. The fraction of sp³-hybridized carbons (Fsp3) is 0.450. The van der Waals surface area contributed by atoms with Crippen LogP contribution in [0.5, 0.6) is 0 Å². The Labute approximate surface area is 142 Å². The van der Waals surface area contributed by atoms with Crippen molar-refractivity contribution in [1.29, 1.82) is 0 Å². The number of carbonyl (C=O) groups excluding carboxylic acids is 1. The SMILES string of the molecule is Cc1cccc2[nH]cc(C3=CCN(C(C)C(=O)NC4CC4)CC3)c12. The van der Waals surface area contributed by atoms with Crippen molar-refractivity contribution in [2.24, 2.45) is 0 Å². The van der Waals surface area contributed by atoms with Gasteiger partial charge in [0, 0.05) is 41.8 Å². The number of rotatable bonds is 4. The van der Waals surface area contributed by atoms with Gasteiger partial charge in [0.05, 0.1) is 6.04 Å². The molecule has 0 radical (unpaired) electrons. The molecular formula is C20H25N3O. The summed E-state index contributed by atoms with van der Waals surface area (Å²) in [5.41, 5.74) is 5.22. The molecule has 1 amide bonds. The lowest BCUT2D eigenvalue weighted by molar-refractivity contribution is -0.125. The third-order valence-corrected chi connectivity index (χ3v) is 5.35. The lowest BCUT2D eigenvalue weighted by atomic mass is 9.96. The van der Waals surface area contributed by atoms with E-state index >= 15 is 0 Å². The number of fused-ring (bicyclic) bond motifs is 1. The summed E-state index contributed by atoms with van der Waals surface area (Å²) in [5.74, 6) is 0.178. The van der Waals surface area contributed by atoms with Crippen molar-refractivity contribution < 1.29 is 4.79 Å². The molecule has 1 unspecified atom stereocenters. The molecule has 4 rings (SSSR count). The predicted molar refractivity (Wildman–Crippen MR) is 97.8 cm³/mol. The van der Waals surface area contributed by atoms with E-state index in [1.54, 1.807) is 0 Å². The number of hydrogen-bond acceptors (Lipinski definition) is 2. The van der Waals surface area contributed by atoms with Crippen molar-refractivity contribution in [3.63, 3.8) is 0 Å². The average Bonchev–Trinajstić information content (AvgIpc) is 3.30. The van der Waals surface area contributed by atoms with Crippen molar-refractivity contribution in [2.75, 3.05) is 13.1 Å². The Morgan fingerprint density at radius 3 is 2.92 bits per heavy atom. The maximum atomic E-state index is 12.2. The molecule has 1 atom stereocenters. The van der Waals surface area contributed by atoms with E-state index in [0.29, 0.717) is 6.04 Å². The molecule has 24 heavy (non-hydrogen) atoms. The molecule has 4 heteroatoms. The minimum atomic E-state index is -0.0481. The quantitative estimate of drug-likeness (QED) is 0.907. The van der Waals surface area contributed by atoms with E-state index in [1.807, 2.05) is 6.92 Å². The van der Waals surface area contributed by atoms with Crippen LogP contribution in [-0.2, 0) is 4.79 Å². The van der Waals surface area contributed by atoms with Crippen LogP contribution in [0.1, 0.15) is 37.3 Å². The highest BCUT2D eigenvalue weighted by Gasteiger charge is 2.29. The Balaban J connectivity index is 1.50. The molecule has 4 nitrogen and oxygen atoms in total. The summed E-state index contributed by atoms with van der Waals surface area (Å²) >= 11 is 0. The van der Waals surface area contributed by atoms with Gasteiger partial charge >= 0.3 is 0 Å². The first-order valence-electron chi connectivity index (χ1n) is 8.94. The highest BCUT2D eigenvalue weighted by Crippen LogP contribution is 2.31. The second-order valence-electron chi connectivity index (χ2n) is 7.13. The second-order valence-corrected chi connectivity index (χ2v) is 7.13. The lowest BCUT2D eigenvalue weighted by Gasteiger charge is -2.31. The number of aryl methyl sites for hydroxylation is 1. The van der Waals surface area contributed by atoms with Crippen molar-refractivity contribution in [3.8, 4) is 0 Å². The maximum Gasteiger partial charge on any atom is 0.237 e. The summed E-state index contributed by atoms with van der Waals surface area (Å²) in [7, 11) is 0. The van der Waals surface area contributed by atoms with Gasteiger partial charge in [-0.15, -0.1) is 0 Å². The fourth-order valence-electron chi connectivity index (χ4n) is 3.62. The molecule has 126 valence electrons. The van der Waals surface area contributed by atoms with Gasteiger partial charge < -0.3 is 10.3 Å². The van der Waals surface area contributed by atoms with Crippen LogP contribution in [0.3, 0.4) is 0 Å². The van der Waals surface area contributed by atoms with Crippen LogP contribution in [0, 0.1) is 6.92 Å². The predicted octanol–water partition coefficient (Wildman–Crippen LogP) is 3.23. The maximum absolute atomic E-state index is 12.2. The number of carbonyl (C=O) groups is 1. The van der Waals surface area contributed by atoms with Crippen LogP contribution in [0.15, 0.2) is 30.5 Å². The minimum absolute atomic E-state index is 0.0481. The highest BCUT2D eigenvalue weighted by atomic mass is 16.2. The third-order valence-electron chi connectivity index (χ3n) is 5.35. The molecule has 2 heterocycles. The Morgan fingerprint density at radius 2 is 2.21 bits per heavy atom. The van der Waals surface area contributed by atoms with Gasteiger partial charge in [0.1, 0.15) is 0 Å². The van der Waals surface area contributed by atoms with E-state index < -0.39 is 0 Å². The first-order chi connectivity index (χ1) is 11.6. The van der Waals surface area contributed by atoms with E-state index in [9.17, 15) is 4.79 Å². The molecule has 1 fully saturated rings. The van der Waals surface area contributed by atoms with E-state index in [4.69, 9.17) is 0 Å². The fourth-order valence-corrected chi connectivity index (χ4v) is 3.62. The van der Waals surface area contributed by atoms with Crippen molar-refractivity contribution in [1.82, 2.24) is 15.2 Å². The monoisotopic (exact) mass is 323 g/mol. The summed E-state index contributed by atoms with van der Waals surface area (Å²) in [4.78, 5) is 17.9. The van der Waals surface area contributed by atoms with E-state index in [1.165, 1.54) is 27.6 Å². The molecule has 1 saturated carbocycles. The molecule has 1 aliphatic heterocycles. The zero-order valence-electron chi connectivity index (χ0n) is 14.4. The Morgan fingerprint density at radius 1 is 1.38 bits per heavy atom. The number of benzene rings is 1. The van der Waals surface area contributed by atoms with Gasteiger partial charge in [-0.3, -0.25) is 9.69 Å². The van der Waals surface area contributed by atoms with Gasteiger partial charge in [-0.1, -0.05) is 18.2 Å². The molecular weight excluding hydrogens is 298 g/mol. The minimum Gasteiger partial charge on any atom is -0.361 e. The zero-order valence-corrected chi connectivity index (χ0v) is 14.4. The second kappa shape index (κ2) is 6.10. The van der Waals surface area contributed by atoms with Crippen molar-refractivity contribution in [3.05, 3.63) is 41.6 Å². The standard InChI is InChI=1S/C20H25N3O/c1-13-4-3-5-18-19(13)17(12-21-18)15-8-10-23(11-9-15)14(2)20(24)22-16-6-7-16/h3-5,8,12,14,16,21H,6-7,9-11H2,1-2H3,(H,22,24). The van der Waals surface area contributed by atoms with Gasteiger partial charge in [0.25, 0.3) is 0 Å². The largest absolute Gasteiger partial charge is 0.361 e. The van der Waals surface area contributed by atoms with Gasteiger partial charge in [-0.2, -0.15) is 0 Å². The van der Waals surface area contributed by atoms with Crippen molar-refractivity contribution >= 4 is 22.4 Å². The molecule has 0 bridgehead atoms. The van der Waals surface area contributed by atoms with Crippen LogP contribution in [0.4, 0.5) is 0 Å². The van der Waals surface area contributed by atoms with Gasteiger partial charge in [-0.05, 0) is 50.3 Å². The molecule has 1 aromatic heterocycles. The number of nitrogens with zero attached hydrogens (tertiary/aromatic N) is 1. The first-order valence-corrected chi connectivity index (χ1v) is 8.94. The summed E-state index contributed by atoms with van der Waals surface area (Å²) in [6, 6.07) is 6.78. The number of aromatic nitrogens is 1. The molecule has 2 N–H and O–H groups in total. The van der Waals surface area contributed by atoms with Crippen LogP contribution < -0.4 is 5.32 Å². The lowest BCUT2D eigenvalue weighted by Crippen LogP contribution is -2.47. The van der Waals surface area contributed by atoms with E-state index in [2.05, 4.69) is 52.6 Å². The van der Waals surface area contributed by atoms with E-state index in [0.717, 1.165) is 32.4 Å². The summed E-state index contributed by atoms with van der Waals surface area (Å²) < 4.78 is 0. The van der Waals surface area contributed by atoms with E-state index in [-0.39, 0.29) is 11.9 Å². The third kappa shape index (κ3) is 2.86. The topological polar surface area (TPSA) is 48.1 Å². The summed E-state index contributed by atoms with van der Waals surface area (Å²) in [6.45, 7) is 5.96. The average molecular weight is 323 g/mol. The highest BCUT2D eigenvalue weighted by molar-refractivity contribution is 5.95. The summed E-state index contributed by atoms with van der Waals surface area (Å²) in [6.07, 6.45) is 7.69.